The lowest BCUT2D eigenvalue weighted by Gasteiger charge is -2.38. The first-order chi connectivity index (χ1) is 12.6. The van der Waals surface area contributed by atoms with Crippen LogP contribution >= 0.6 is 11.6 Å². The number of rotatable bonds is 5. The molecule has 0 bridgehead atoms. The highest BCUT2D eigenvalue weighted by Gasteiger charge is 2.27. The number of hydrogen-bond donors (Lipinski definition) is 0. The molecule has 1 fully saturated rings. The zero-order valence-corrected chi connectivity index (χ0v) is 16.2. The summed E-state index contributed by atoms with van der Waals surface area (Å²) in [6, 6.07) is 14.1. The minimum atomic E-state index is -0.0605. The smallest absolute Gasteiger partial charge is 0.225 e. The van der Waals surface area contributed by atoms with Crippen molar-refractivity contribution < 1.29 is 4.79 Å². The van der Waals surface area contributed by atoms with Gasteiger partial charge in [-0.1, -0.05) is 42.8 Å². The van der Waals surface area contributed by atoms with E-state index in [1.165, 1.54) is 0 Å². The summed E-state index contributed by atoms with van der Waals surface area (Å²) in [5, 5.41) is 0.737. The first-order valence-electron chi connectivity index (χ1n) is 9.23. The Bertz CT molecular complexity index is 729. The van der Waals surface area contributed by atoms with E-state index in [0.29, 0.717) is 6.42 Å². The van der Waals surface area contributed by atoms with E-state index in [9.17, 15) is 4.79 Å². The number of benzene rings is 1. The third-order valence-electron chi connectivity index (χ3n) is 5.19. The van der Waals surface area contributed by atoms with Gasteiger partial charge in [0.15, 0.2) is 0 Å². The Morgan fingerprint density at radius 1 is 1.08 bits per heavy atom. The Morgan fingerprint density at radius 2 is 1.77 bits per heavy atom. The first kappa shape index (κ1) is 18.9. The zero-order chi connectivity index (χ0) is 18.5. The van der Waals surface area contributed by atoms with Crippen LogP contribution in [0.5, 0.6) is 0 Å². The second kappa shape index (κ2) is 8.65. The first-order valence-corrected chi connectivity index (χ1v) is 9.61. The highest BCUT2D eigenvalue weighted by Crippen LogP contribution is 2.22. The third kappa shape index (κ3) is 4.43. The van der Waals surface area contributed by atoms with Gasteiger partial charge in [0, 0.05) is 49.4 Å². The van der Waals surface area contributed by atoms with Gasteiger partial charge in [0.1, 0.15) is 0 Å². The van der Waals surface area contributed by atoms with Gasteiger partial charge < -0.3 is 4.90 Å². The minimum Gasteiger partial charge on any atom is -0.340 e. The summed E-state index contributed by atoms with van der Waals surface area (Å²) >= 11 is 6.23. The molecule has 3 rings (SSSR count). The fourth-order valence-corrected chi connectivity index (χ4v) is 3.75. The van der Waals surface area contributed by atoms with Crippen LogP contribution in [0.25, 0.3) is 0 Å². The number of halogens is 1. The zero-order valence-electron chi connectivity index (χ0n) is 15.4. The predicted molar refractivity (Wildman–Crippen MR) is 105 cm³/mol. The fourth-order valence-electron chi connectivity index (χ4n) is 3.53. The fraction of sp³-hybridized carbons (Fsp3) is 0.429. The Labute approximate surface area is 160 Å². The second-order valence-corrected chi connectivity index (χ2v) is 7.40. The molecule has 5 heteroatoms. The van der Waals surface area contributed by atoms with Gasteiger partial charge in [-0.25, -0.2) is 0 Å². The summed E-state index contributed by atoms with van der Waals surface area (Å²) in [5.74, 6) is 0.157. The maximum Gasteiger partial charge on any atom is 0.225 e. The number of nitrogens with zero attached hydrogens (tertiary/aromatic N) is 3. The molecule has 0 N–H and O–H groups in total. The molecule has 4 nitrogen and oxygen atoms in total. The summed E-state index contributed by atoms with van der Waals surface area (Å²) in [7, 11) is 0. The summed E-state index contributed by atoms with van der Waals surface area (Å²) in [4.78, 5) is 21.7. The van der Waals surface area contributed by atoms with E-state index >= 15 is 0 Å². The molecular formula is C21H26ClN3O. The molecule has 0 spiro atoms. The van der Waals surface area contributed by atoms with Gasteiger partial charge >= 0.3 is 0 Å². The molecule has 0 aliphatic carbocycles. The Morgan fingerprint density at radius 3 is 2.42 bits per heavy atom. The van der Waals surface area contributed by atoms with Gasteiger partial charge in [-0.05, 0) is 37.1 Å². The molecule has 1 saturated heterocycles. The average molecular weight is 372 g/mol. The third-order valence-corrected chi connectivity index (χ3v) is 5.56. The van der Waals surface area contributed by atoms with Crippen molar-refractivity contribution in [2.45, 2.75) is 26.3 Å². The van der Waals surface area contributed by atoms with E-state index in [4.69, 9.17) is 11.6 Å². The number of carbonyl (C=O) groups is 1. The van der Waals surface area contributed by atoms with Gasteiger partial charge in [-0.2, -0.15) is 0 Å². The molecule has 0 radical (unpaired) electrons. The molecule has 2 aromatic rings. The maximum absolute atomic E-state index is 12.8. The summed E-state index contributed by atoms with van der Waals surface area (Å²) in [5.41, 5.74) is 2.12. The van der Waals surface area contributed by atoms with Crippen molar-refractivity contribution in [1.29, 1.82) is 0 Å². The molecule has 1 amide bonds. The van der Waals surface area contributed by atoms with E-state index in [2.05, 4.69) is 22.9 Å². The number of amides is 1. The van der Waals surface area contributed by atoms with Crippen LogP contribution in [0, 0.1) is 5.92 Å². The van der Waals surface area contributed by atoms with Crippen molar-refractivity contribution in [2.75, 3.05) is 26.2 Å². The molecule has 26 heavy (non-hydrogen) atoms. The van der Waals surface area contributed by atoms with E-state index in [1.807, 2.05) is 54.4 Å². The Hall–Kier alpha value is -1.91. The molecule has 1 aromatic heterocycles. The monoisotopic (exact) mass is 371 g/mol. The SMILES string of the molecule is C[C@@H](Cc1ccccc1Cl)C(=O)N1CCN([C@@H](C)c2ccccn2)CC1. The van der Waals surface area contributed by atoms with E-state index in [-0.39, 0.29) is 17.9 Å². The van der Waals surface area contributed by atoms with Crippen molar-refractivity contribution in [1.82, 2.24) is 14.8 Å². The van der Waals surface area contributed by atoms with Crippen molar-refractivity contribution in [2.24, 2.45) is 5.92 Å². The van der Waals surface area contributed by atoms with Crippen LogP contribution in [0.3, 0.4) is 0 Å². The number of hydrogen-bond acceptors (Lipinski definition) is 3. The van der Waals surface area contributed by atoms with Crippen molar-refractivity contribution >= 4 is 17.5 Å². The van der Waals surface area contributed by atoms with Crippen LogP contribution in [0.1, 0.15) is 31.1 Å². The average Bonchev–Trinajstić information content (AvgIpc) is 2.69. The Kier molecular flexibility index (Phi) is 6.28. The quantitative estimate of drug-likeness (QED) is 0.801. The summed E-state index contributed by atoms with van der Waals surface area (Å²) < 4.78 is 0. The number of pyridine rings is 1. The lowest BCUT2D eigenvalue weighted by Crippen LogP contribution is -2.50. The molecule has 138 valence electrons. The second-order valence-electron chi connectivity index (χ2n) is 6.99. The van der Waals surface area contributed by atoms with E-state index in [0.717, 1.165) is 42.5 Å². The maximum atomic E-state index is 12.8. The molecule has 1 aliphatic heterocycles. The molecule has 2 atom stereocenters. The van der Waals surface area contributed by atoms with Gasteiger partial charge in [-0.3, -0.25) is 14.7 Å². The largest absolute Gasteiger partial charge is 0.340 e. The minimum absolute atomic E-state index is 0.0605. The highest BCUT2D eigenvalue weighted by atomic mass is 35.5. The number of aromatic nitrogens is 1. The van der Waals surface area contributed by atoms with Gasteiger partial charge in [0.25, 0.3) is 0 Å². The van der Waals surface area contributed by atoms with Crippen LogP contribution in [-0.4, -0.2) is 46.9 Å². The van der Waals surface area contributed by atoms with Crippen LogP contribution in [0.4, 0.5) is 0 Å². The normalized spacial score (nSPS) is 17.7. The lowest BCUT2D eigenvalue weighted by atomic mass is 9.99. The molecule has 0 saturated carbocycles. The van der Waals surface area contributed by atoms with Crippen molar-refractivity contribution in [3.05, 3.63) is 64.9 Å². The van der Waals surface area contributed by atoms with Gasteiger partial charge in [0.2, 0.25) is 5.91 Å². The lowest BCUT2D eigenvalue weighted by molar-refractivity contribution is -0.137. The van der Waals surface area contributed by atoms with Gasteiger partial charge in [0.05, 0.1) is 5.69 Å². The topological polar surface area (TPSA) is 36.4 Å². The molecule has 0 unspecified atom stereocenters. The standard InChI is InChI=1S/C21H26ClN3O/c1-16(15-18-7-3-4-8-19(18)22)21(26)25-13-11-24(12-14-25)17(2)20-9-5-6-10-23-20/h3-10,16-17H,11-15H2,1-2H3/t16-,17-/m0/s1. The van der Waals surface area contributed by atoms with E-state index in [1.54, 1.807) is 0 Å². The van der Waals surface area contributed by atoms with Crippen molar-refractivity contribution in [3.63, 3.8) is 0 Å². The van der Waals surface area contributed by atoms with Crippen LogP contribution in [0.2, 0.25) is 5.02 Å². The van der Waals surface area contributed by atoms with Crippen LogP contribution < -0.4 is 0 Å². The summed E-state index contributed by atoms with van der Waals surface area (Å²) in [6.07, 6.45) is 2.52. The molecular weight excluding hydrogens is 346 g/mol. The summed E-state index contributed by atoms with van der Waals surface area (Å²) in [6.45, 7) is 7.46. The van der Waals surface area contributed by atoms with Crippen LogP contribution in [0.15, 0.2) is 48.7 Å². The van der Waals surface area contributed by atoms with Crippen LogP contribution in [-0.2, 0) is 11.2 Å². The molecule has 1 aromatic carbocycles. The number of carbonyl (C=O) groups excluding carboxylic acids is 1. The number of piperazine rings is 1. The highest BCUT2D eigenvalue weighted by molar-refractivity contribution is 6.31. The van der Waals surface area contributed by atoms with Gasteiger partial charge in [-0.15, -0.1) is 0 Å². The molecule has 1 aliphatic rings. The van der Waals surface area contributed by atoms with E-state index < -0.39 is 0 Å². The molecule has 2 heterocycles. The Balaban J connectivity index is 1.54. The predicted octanol–water partition coefficient (Wildman–Crippen LogP) is 3.82. The van der Waals surface area contributed by atoms with Crippen molar-refractivity contribution in [3.8, 4) is 0 Å².